The number of rotatable bonds is 4. The first kappa shape index (κ1) is 20.5. The van der Waals surface area contributed by atoms with Crippen LogP contribution in [0.1, 0.15) is 21.5 Å². The van der Waals surface area contributed by atoms with Gasteiger partial charge in [0, 0.05) is 18.7 Å². The summed E-state index contributed by atoms with van der Waals surface area (Å²) in [6, 6.07) is 9.79. The van der Waals surface area contributed by atoms with E-state index in [4.69, 9.17) is 0 Å². The molecule has 2 N–H and O–H groups in total. The van der Waals surface area contributed by atoms with E-state index in [1.807, 2.05) is 26.0 Å². The predicted octanol–water partition coefficient (Wildman–Crippen LogP) is 2.29. The van der Waals surface area contributed by atoms with Crippen molar-refractivity contribution in [1.29, 1.82) is 0 Å². The summed E-state index contributed by atoms with van der Waals surface area (Å²) in [7, 11) is -3.88. The number of nitrogens with zero attached hydrogens (tertiary/aromatic N) is 2. The van der Waals surface area contributed by atoms with Gasteiger partial charge >= 0.3 is 0 Å². The molecule has 2 heterocycles. The van der Waals surface area contributed by atoms with Crippen molar-refractivity contribution >= 4 is 48.5 Å². The Labute approximate surface area is 178 Å². The number of amides is 2. The number of fused-ring (bicyclic) bond motifs is 1. The van der Waals surface area contributed by atoms with Crippen LogP contribution in [0.25, 0.3) is 10.2 Å². The SMILES string of the molecule is Cc1ccc(C)c2sc(NC(=O)c3cccc(S(=O)(=O)N4CCNC(=O)C4)c3)nc12. The van der Waals surface area contributed by atoms with E-state index in [1.54, 1.807) is 6.07 Å². The van der Waals surface area contributed by atoms with Gasteiger partial charge in [-0.15, -0.1) is 0 Å². The number of benzene rings is 2. The highest BCUT2D eigenvalue weighted by Crippen LogP contribution is 2.31. The summed E-state index contributed by atoms with van der Waals surface area (Å²) in [4.78, 5) is 28.8. The molecule has 1 aliphatic rings. The third kappa shape index (κ3) is 3.81. The lowest BCUT2D eigenvalue weighted by atomic mass is 10.1. The molecule has 1 fully saturated rings. The lowest BCUT2D eigenvalue weighted by Crippen LogP contribution is -2.49. The Balaban J connectivity index is 1.59. The molecule has 0 atom stereocenters. The number of hydrogen-bond donors (Lipinski definition) is 2. The van der Waals surface area contributed by atoms with Crippen LogP contribution in [0, 0.1) is 13.8 Å². The van der Waals surface area contributed by atoms with Crippen molar-refractivity contribution in [3.05, 3.63) is 53.1 Å². The van der Waals surface area contributed by atoms with Gasteiger partial charge in [0.25, 0.3) is 5.91 Å². The molecule has 2 amide bonds. The fourth-order valence-electron chi connectivity index (χ4n) is 3.25. The molecule has 0 radical (unpaired) electrons. The maximum absolute atomic E-state index is 12.9. The van der Waals surface area contributed by atoms with Gasteiger partial charge in [0.15, 0.2) is 5.13 Å². The number of aryl methyl sites for hydroxylation is 2. The second-order valence-corrected chi connectivity index (χ2v) is 10.0. The predicted molar refractivity (Wildman–Crippen MR) is 115 cm³/mol. The largest absolute Gasteiger partial charge is 0.354 e. The van der Waals surface area contributed by atoms with Crippen LogP contribution in [-0.2, 0) is 14.8 Å². The molecular formula is C20H20N4O4S2. The summed E-state index contributed by atoms with van der Waals surface area (Å²) in [6.45, 7) is 4.16. The van der Waals surface area contributed by atoms with Crippen molar-refractivity contribution in [2.75, 3.05) is 25.0 Å². The van der Waals surface area contributed by atoms with E-state index in [0.29, 0.717) is 5.13 Å². The Morgan fingerprint density at radius 3 is 2.70 bits per heavy atom. The normalized spacial score (nSPS) is 15.2. The quantitative estimate of drug-likeness (QED) is 0.642. The molecule has 1 aromatic heterocycles. The van der Waals surface area contributed by atoms with E-state index >= 15 is 0 Å². The Morgan fingerprint density at radius 1 is 1.20 bits per heavy atom. The number of anilines is 1. The first-order valence-corrected chi connectivity index (χ1v) is 11.6. The van der Waals surface area contributed by atoms with Gasteiger partial charge in [0.05, 0.1) is 21.7 Å². The molecule has 0 saturated carbocycles. The van der Waals surface area contributed by atoms with Crippen molar-refractivity contribution < 1.29 is 18.0 Å². The summed E-state index contributed by atoms with van der Waals surface area (Å²) >= 11 is 1.38. The topological polar surface area (TPSA) is 108 Å². The van der Waals surface area contributed by atoms with E-state index in [2.05, 4.69) is 15.6 Å². The number of piperazine rings is 1. The van der Waals surface area contributed by atoms with Crippen LogP contribution < -0.4 is 10.6 Å². The highest BCUT2D eigenvalue weighted by Gasteiger charge is 2.29. The fourth-order valence-corrected chi connectivity index (χ4v) is 5.70. The standard InChI is InChI=1S/C20H20N4O4S2/c1-12-6-7-13(2)18-17(12)22-20(29-18)23-19(26)14-4-3-5-15(10-14)30(27,28)24-9-8-21-16(25)11-24/h3-7,10H,8-9,11H2,1-2H3,(H,21,25)(H,22,23,26). The monoisotopic (exact) mass is 444 g/mol. The molecule has 0 spiro atoms. The summed E-state index contributed by atoms with van der Waals surface area (Å²) < 4.78 is 27.8. The minimum atomic E-state index is -3.88. The van der Waals surface area contributed by atoms with E-state index in [0.717, 1.165) is 25.6 Å². The average Bonchev–Trinajstić information content (AvgIpc) is 3.16. The van der Waals surface area contributed by atoms with Gasteiger partial charge in [-0.2, -0.15) is 4.31 Å². The van der Waals surface area contributed by atoms with Crippen LogP contribution in [0.2, 0.25) is 0 Å². The molecule has 4 rings (SSSR count). The first-order valence-electron chi connectivity index (χ1n) is 9.31. The molecule has 1 saturated heterocycles. The van der Waals surface area contributed by atoms with E-state index in [1.165, 1.54) is 29.5 Å². The van der Waals surface area contributed by atoms with Gasteiger partial charge < -0.3 is 5.32 Å². The fraction of sp³-hybridized carbons (Fsp3) is 0.250. The zero-order valence-electron chi connectivity index (χ0n) is 16.4. The zero-order valence-corrected chi connectivity index (χ0v) is 18.1. The average molecular weight is 445 g/mol. The molecule has 0 bridgehead atoms. The maximum Gasteiger partial charge on any atom is 0.257 e. The van der Waals surface area contributed by atoms with Crippen LogP contribution in [0.4, 0.5) is 5.13 Å². The van der Waals surface area contributed by atoms with Gasteiger partial charge in [0.1, 0.15) is 0 Å². The van der Waals surface area contributed by atoms with E-state index in [9.17, 15) is 18.0 Å². The Morgan fingerprint density at radius 2 is 1.97 bits per heavy atom. The highest BCUT2D eigenvalue weighted by atomic mass is 32.2. The number of hydrogen-bond acceptors (Lipinski definition) is 6. The Kier molecular flexibility index (Phi) is 5.31. The van der Waals surface area contributed by atoms with Crippen LogP contribution in [-0.4, -0.2) is 49.2 Å². The molecular weight excluding hydrogens is 424 g/mol. The molecule has 30 heavy (non-hydrogen) atoms. The summed E-state index contributed by atoms with van der Waals surface area (Å²) in [5.41, 5.74) is 3.14. The summed E-state index contributed by atoms with van der Waals surface area (Å²) in [5.74, 6) is -0.794. The van der Waals surface area contributed by atoms with Crippen LogP contribution in [0.3, 0.4) is 0 Å². The zero-order chi connectivity index (χ0) is 21.5. The minimum absolute atomic E-state index is 0.0270. The molecule has 3 aromatic rings. The van der Waals surface area contributed by atoms with Crippen molar-refractivity contribution in [1.82, 2.24) is 14.6 Å². The number of carbonyl (C=O) groups is 2. The molecule has 0 aliphatic carbocycles. The van der Waals surface area contributed by atoms with Crippen LogP contribution >= 0.6 is 11.3 Å². The number of sulfonamides is 1. The molecule has 156 valence electrons. The molecule has 1 aliphatic heterocycles. The molecule has 10 heteroatoms. The van der Waals surface area contributed by atoms with E-state index in [-0.39, 0.29) is 36.0 Å². The number of nitrogens with one attached hydrogen (secondary N) is 2. The summed E-state index contributed by atoms with van der Waals surface area (Å²) in [6.07, 6.45) is 0. The molecule has 8 nitrogen and oxygen atoms in total. The minimum Gasteiger partial charge on any atom is -0.354 e. The Bertz CT molecular complexity index is 1230. The van der Waals surface area contributed by atoms with Crippen molar-refractivity contribution in [3.8, 4) is 0 Å². The highest BCUT2D eigenvalue weighted by molar-refractivity contribution is 7.89. The van der Waals surface area contributed by atoms with Crippen molar-refractivity contribution in [2.45, 2.75) is 18.7 Å². The third-order valence-corrected chi connectivity index (χ3v) is 7.85. The van der Waals surface area contributed by atoms with Gasteiger partial charge in [-0.3, -0.25) is 14.9 Å². The second-order valence-electron chi connectivity index (χ2n) is 7.07. The first-order chi connectivity index (χ1) is 14.3. The van der Waals surface area contributed by atoms with Gasteiger partial charge in [-0.1, -0.05) is 29.5 Å². The second kappa shape index (κ2) is 7.78. The lowest BCUT2D eigenvalue weighted by molar-refractivity contribution is -0.122. The smallest absolute Gasteiger partial charge is 0.257 e. The Hall–Kier alpha value is -2.82. The number of thiazole rings is 1. The lowest BCUT2D eigenvalue weighted by Gasteiger charge is -2.26. The molecule has 0 unspecified atom stereocenters. The number of aromatic nitrogens is 1. The van der Waals surface area contributed by atoms with Crippen molar-refractivity contribution in [2.24, 2.45) is 0 Å². The van der Waals surface area contributed by atoms with Crippen LogP contribution in [0.15, 0.2) is 41.3 Å². The number of carbonyl (C=O) groups excluding carboxylic acids is 2. The maximum atomic E-state index is 12.9. The van der Waals surface area contributed by atoms with E-state index < -0.39 is 15.9 Å². The summed E-state index contributed by atoms with van der Waals surface area (Å²) in [5, 5.41) is 5.81. The van der Waals surface area contributed by atoms with Gasteiger partial charge in [-0.05, 0) is 43.2 Å². The van der Waals surface area contributed by atoms with Gasteiger partial charge in [0.2, 0.25) is 15.9 Å². The molecule has 2 aromatic carbocycles. The third-order valence-electron chi connectivity index (χ3n) is 4.90. The van der Waals surface area contributed by atoms with Gasteiger partial charge in [-0.25, -0.2) is 13.4 Å². The van der Waals surface area contributed by atoms with Crippen LogP contribution in [0.5, 0.6) is 0 Å². The van der Waals surface area contributed by atoms with Crippen molar-refractivity contribution in [3.63, 3.8) is 0 Å².